The SMILES string of the molecule is C=CCc1ccccc1OCC(O)COC1CCOCC1. The lowest BCUT2D eigenvalue weighted by atomic mass is 10.1. The van der Waals surface area contributed by atoms with Crippen molar-refractivity contribution in [2.75, 3.05) is 26.4 Å². The Balaban J connectivity index is 1.73. The standard InChI is InChI=1S/C17H24O4/c1-2-5-14-6-3-4-7-17(14)21-13-15(18)12-20-16-8-10-19-11-9-16/h2-4,6-7,15-16,18H,1,5,8-13H2. The third kappa shape index (κ3) is 5.50. The van der Waals surface area contributed by atoms with Crippen LogP contribution < -0.4 is 4.74 Å². The zero-order chi connectivity index (χ0) is 14.9. The Morgan fingerprint density at radius 1 is 1.29 bits per heavy atom. The highest BCUT2D eigenvalue weighted by molar-refractivity contribution is 5.34. The summed E-state index contributed by atoms with van der Waals surface area (Å²) in [6.07, 6.45) is 3.97. The van der Waals surface area contributed by atoms with Crippen LogP contribution in [0.3, 0.4) is 0 Å². The predicted molar refractivity (Wildman–Crippen MR) is 81.6 cm³/mol. The maximum Gasteiger partial charge on any atom is 0.122 e. The molecule has 1 saturated heterocycles. The highest BCUT2D eigenvalue weighted by Crippen LogP contribution is 2.19. The van der Waals surface area contributed by atoms with E-state index in [9.17, 15) is 5.11 Å². The Labute approximate surface area is 126 Å². The van der Waals surface area contributed by atoms with Crippen molar-refractivity contribution < 1.29 is 19.3 Å². The van der Waals surface area contributed by atoms with Crippen molar-refractivity contribution in [2.45, 2.75) is 31.5 Å². The zero-order valence-electron chi connectivity index (χ0n) is 12.4. The summed E-state index contributed by atoms with van der Waals surface area (Å²) in [6.45, 7) is 5.76. The molecule has 4 heteroatoms. The third-order valence-corrected chi connectivity index (χ3v) is 3.46. The molecule has 0 aromatic heterocycles. The maximum absolute atomic E-state index is 9.96. The van der Waals surface area contributed by atoms with E-state index >= 15 is 0 Å². The first-order valence-corrected chi connectivity index (χ1v) is 7.48. The molecular weight excluding hydrogens is 268 g/mol. The number of hydrogen-bond acceptors (Lipinski definition) is 4. The normalized spacial score (nSPS) is 17.4. The lowest BCUT2D eigenvalue weighted by Gasteiger charge is -2.23. The van der Waals surface area contributed by atoms with E-state index in [-0.39, 0.29) is 12.7 Å². The van der Waals surface area contributed by atoms with Gasteiger partial charge in [0.15, 0.2) is 0 Å². The third-order valence-electron chi connectivity index (χ3n) is 3.46. The van der Waals surface area contributed by atoms with E-state index in [0.29, 0.717) is 6.61 Å². The first kappa shape index (κ1) is 16.0. The minimum Gasteiger partial charge on any atom is -0.491 e. The number of aliphatic hydroxyl groups is 1. The van der Waals surface area contributed by atoms with Gasteiger partial charge in [0.05, 0.1) is 12.7 Å². The van der Waals surface area contributed by atoms with Crippen LogP contribution in [0.25, 0.3) is 0 Å². The molecule has 1 aliphatic heterocycles. The van der Waals surface area contributed by atoms with Gasteiger partial charge in [0.2, 0.25) is 0 Å². The molecule has 1 fully saturated rings. The molecule has 1 aromatic carbocycles. The number of hydrogen-bond donors (Lipinski definition) is 1. The predicted octanol–water partition coefficient (Wildman–Crippen LogP) is 2.35. The van der Waals surface area contributed by atoms with Gasteiger partial charge in [0.1, 0.15) is 18.5 Å². The van der Waals surface area contributed by atoms with Crippen LogP contribution in [0.1, 0.15) is 18.4 Å². The number of benzene rings is 1. The van der Waals surface area contributed by atoms with E-state index in [4.69, 9.17) is 14.2 Å². The Kier molecular flexibility index (Phi) is 6.73. The lowest BCUT2D eigenvalue weighted by molar-refractivity contribution is -0.0659. The largest absolute Gasteiger partial charge is 0.491 e. The molecule has 1 N–H and O–H groups in total. The molecular formula is C17H24O4. The van der Waals surface area contributed by atoms with Crippen molar-refractivity contribution >= 4 is 0 Å². The second kappa shape index (κ2) is 8.82. The monoisotopic (exact) mass is 292 g/mol. The molecule has 1 atom stereocenters. The van der Waals surface area contributed by atoms with Crippen molar-refractivity contribution in [3.63, 3.8) is 0 Å². The molecule has 1 heterocycles. The second-order valence-corrected chi connectivity index (χ2v) is 5.21. The number of allylic oxidation sites excluding steroid dienone is 1. The molecule has 0 aliphatic carbocycles. The van der Waals surface area contributed by atoms with E-state index in [1.54, 1.807) is 0 Å². The van der Waals surface area contributed by atoms with E-state index in [1.807, 2.05) is 30.3 Å². The van der Waals surface area contributed by atoms with Crippen molar-refractivity contribution in [1.29, 1.82) is 0 Å². The zero-order valence-corrected chi connectivity index (χ0v) is 12.4. The van der Waals surface area contributed by atoms with E-state index < -0.39 is 6.10 Å². The Morgan fingerprint density at radius 2 is 2.05 bits per heavy atom. The van der Waals surface area contributed by atoms with Crippen LogP contribution >= 0.6 is 0 Å². The molecule has 21 heavy (non-hydrogen) atoms. The van der Waals surface area contributed by atoms with Gasteiger partial charge >= 0.3 is 0 Å². The van der Waals surface area contributed by atoms with Gasteiger partial charge in [-0.2, -0.15) is 0 Å². The molecule has 0 bridgehead atoms. The van der Waals surface area contributed by atoms with Crippen LogP contribution in [-0.4, -0.2) is 43.7 Å². The highest BCUT2D eigenvalue weighted by Gasteiger charge is 2.16. The van der Waals surface area contributed by atoms with Crippen molar-refractivity contribution in [1.82, 2.24) is 0 Å². The first-order valence-electron chi connectivity index (χ1n) is 7.48. The molecule has 2 rings (SSSR count). The lowest BCUT2D eigenvalue weighted by Crippen LogP contribution is -2.30. The average Bonchev–Trinajstić information content (AvgIpc) is 2.53. The summed E-state index contributed by atoms with van der Waals surface area (Å²) in [4.78, 5) is 0. The molecule has 1 aliphatic rings. The van der Waals surface area contributed by atoms with Gasteiger partial charge in [-0.25, -0.2) is 0 Å². The molecule has 4 nitrogen and oxygen atoms in total. The van der Waals surface area contributed by atoms with Gasteiger partial charge < -0.3 is 19.3 Å². The Bertz CT molecular complexity index is 427. The van der Waals surface area contributed by atoms with Gasteiger partial charge in [0, 0.05) is 13.2 Å². The number of ether oxygens (including phenoxy) is 3. The number of para-hydroxylation sites is 1. The average molecular weight is 292 g/mol. The molecule has 116 valence electrons. The van der Waals surface area contributed by atoms with Crippen molar-refractivity contribution in [2.24, 2.45) is 0 Å². The van der Waals surface area contributed by atoms with Gasteiger partial charge in [-0.1, -0.05) is 24.3 Å². The summed E-state index contributed by atoms with van der Waals surface area (Å²) < 4.78 is 16.6. The quantitative estimate of drug-likeness (QED) is 0.747. The van der Waals surface area contributed by atoms with Crippen LogP contribution in [0.5, 0.6) is 5.75 Å². The topological polar surface area (TPSA) is 47.9 Å². The minimum absolute atomic E-state index is 0.196. The van der Waals surface area contributed by atoms with Crippen molar-refractivity contribution in [3.05, 3.63) is 42.5 Å². The minimum atomic E-state index is -0.621. The number of aliphatic hydroxyl groups excluding tert-OH is 1. The highest BCUT2D eigenvalue weighted by atomic mass is 16.5. The second-order valence-electron chi connectivity index (χ2n) is 5.21. The van der Waals surface area contributed by atoms with E-state index in [2.05, 4.69) is 6.58 Å². The molecule has 1 aromatic rings. The van der Waals surface area contributed by atoms with Gasteiger partial charge in [-0.05, 0) is 30.9 Å². The van der Waals surface area contributed by atoms with Crippen LogP contribution in [0.2, 0.25) is 0 Å². The van der Waals surface area contributed by atoms with Crippen LogP contribution in [0, 0.1) is 0 Å². The molecule has 0 radical (unpaired) electrons. The maximum atomic E-state index is 9.96. The molecule has 1 unspecified atom stereocenters. The van der Waals surface area contributed by atoms with Crippen molar-refractivity contribution in [3.8, 4) is 5.75 Å². The van der Waals surface area contributed by atoms with Crippen LogP contribution in [0.15, 0.2) is 36.9 Å². The van der Waals surface area contributed by atoms with E-state index in [1.165, 1.54) is 0 Å². The molecule has 0 saturated carbocycles. The van der Waals surface area contributed by atoms with Gasteiger partial charge in [-0.3, -0.25) is 0 Å². The number of rotatable bonds is 8. The Morgan fingerprint density at radius 3 is 2.81 bits per heavy atom. The fraction of sp³-hybridized carbons (Fsp3) is 0.529. The summed E-state index contributed by atoms with van der Waals surface area (Å²) in [6, 6.07) is 7.80. The van der Waals surface area contributed by atoms with Gasteiger partial charge in [-0.15, -0.1) is 6.58 Å². The summed E-state index contributed by atoms with van der Waals surface area (Å²) in [5.41, 5.74) is 1.07. The van der Waals surface area contributed by atoms with Gasteiger partial charge in [0.25, 0.3) is 0 Å². The fourth-order valence-corrected chi connectivity index (χ4v) is 2.29. The summed E-state index contributed by atoms with van der Waals surface area (Å²) >= 11 is 0. The van der Waals surface area contributed by atoms with E-state index in [0.717, 1.165) is 43.8 Å². The first-order chi connectivity index (χ1) is 10.3. The summed E-state index contributed by atoms with van der Waals surface area (Å²) in [5.74, 6) is 0.794. The van der Waals surface area contributed by atoms with Crippen LogP contribution in [0.4, 0.5) is 0 Å². The Hall–Kier alpha value is -1.36. The fourth-order valence-electron chi connectivity index (χ4n) is 2.29. The summed E-state index contributed by atoms with van der Waals surface area (Å²) in [7, 11) is 0. The summed E-state index contributed by atoms with van der Waals surface area (Å²) in [5, 5.41) is 9.96. The molecule has 0 amide bonds. The van der Waals surface area contributed by atoms with Crippen LogP contribution in [-0.2, 0) is 15.9 Å². The smallest absolute Gasteiger partial charge is 0.122 e. The molecule has 0 spiro atoms.